The Morgan fingerprint density at radius 3 is 2.48 bits per heavy atom. The second-order valence-electron chi connectivity index (χ2n) is 8.09. The van der Waals surface area contributed by atoms with Gasteiger partial charge in [-0.3, -0.25) is 4.79 Å². The standard InChI is InChI=1S/C27H30N2O4/c1-3-29(4-2)21-13-14-23-25(18-21)33-27(28-23)22-16-19-10-7-8-11-20(19)17-24(22)32-15-9-5-6-12-26(30)31/h7-8,10-11,13-14,16-18H,3-6,9,12,15H2,1-2H3,(H,30,31). The molecule has 0 spiro atoms. The molecule has 1 heterocycles. The van der Waals surface area contributed by atoms with E-state index in [9.17, 15) is 4.79 Å². The van der Waals surface area contributed by atoms with Crippen molar-refractivity contribution in [2.24, 2.45) is 0 Å². The highest BCUT2D eigenvalue weighted by Crippen LogP contribution is 2.36. The van der Waals surface area contributed by atoms with Gasteiger partial charge in [-0.05, 0) is 68.1 Å². The zero-order valence-electron chi connectivity index (χ0n) is 19.2. The van der Waals surface area contributed by atoms with E-state index in [2.05, 4.69) is 43.0 Å². The monoisotopic (exact) mass is 446 g/mol. The Morgan fingerprint density at radius 1 is 1.00 bits per heavy atom. The number of carboxylic acid groups (broad SMARTS) is 1. The number of ether oxygens (including phenoxy) is 1. The van der Waals surface area contributed by atoms with Crippen molar-refractivity contribution in [1.29, 1.82) is 0 Å². The van der Waals surface area contributed by atoms with Gasteiger partial charge in [-0.25, -0.2) is 4.98 Å². The fraction of sp³-hybridized carbons (Fsp3) is 0.333. The molecule has 0 aliphatic rings. The van der Waals surface area contributed by atoms with Crippen molar-refractivity contribution in [3.05, 3.63) is 54.6 Å². The van der Waals surface area contributed by atoms with Crippen molar-refractivity contribution < 1.29 is 19.1 Å². The predicted octanol–water partition coefficient (Wildman–Crippen LogP) is 6.52. The molecule has 4 aromatic rings. The van der Waals surface area contributed by atoms with E-state index in [1.807, 2.05) is 30.3 Å². The Balaban J connectivity index is 1.63. The lowest BCUT2D eigenvalue weighted by molar-refractivity contribution is -0.137. The Labute approximate surface area is 193 Å². The fourth-order valence-corrected chi connectivity index (χ4v) is 4.06. The third-order valence-corrected chi connectivity index (χ3v) is 5.87. The van der Waals surface area contributed by atoms with Gasteiger partial charge >= 0.3 is 5.97 Å². The van der Waals surface area contributed by atoms with Crippen LogP contribution in [0.1, 0.15) is 39.5 Å². The average Bonchev–Trinajstić information content (AvgIpc) is 3.25. The second kappa shape index (κ2) is 10.4. The Hall–Kier alpha value is -3.54. The van der Waals surface area contributed by atoms with Crippen molar-refractivity contribution in [3.63, 3.8) is 0 Å². The van der Waals surface area contributed by atoms with Crippen molar-refractivity contribution in [2.75, 3.05) is 24.6 Å². The maximum Gasteiger partial charge on any atom is 0.303 e. The lowest BCUT2D eigenvalue weighted by Gasteiger charge is -2.20. The van der Waals surface area contributed by atoms with E-state index >= 15 is 0 Å². The molecule has 33 heavy (non-hydrogen) atoms. The molecule has 1 aromatic heterocycles. The molecule has 0 aliphatic heterocycles. The third-order valence-electron chi connectivity index (χ3n) is 5.87. The van der Waals surface area contributed by atoms with Crippen molar-refractivity contribution in [1.82, 2.24) is 4.98 Å². The van der Waals surface area contributed by atoms with E-state index in [-0.39, 0.29) is 6.42 Å². The molecule has 0 aliphatic carbocycles. The molecule has 0 amide bonds. The van der Waals surface area contributed by atoms with Gasteiger partial charge < -0.3 is 19.2 Å². The van der Waals surface area contributed by atoms with Gasteiger partial charge in [0.2, 0.25) is 5.89 Å². The molecule has 1 N–H and O–H groups in total. The van der Waals surface area contributed by atoms with Crippen LogP contribution in [0.15, 0.2) is 59.0 Å². The molecular weight excluding hydrogens is 416 g/mol. The summed E-state index contributed by atoms with van der Waals surface area (Å²) in [5.74, 6) is 0.503. The lowest BCUT2D eigenvalue weighted by Crippen LogP contribution is -2.21. The fourth-order valence-electron chi connectivity index (χ4n) is 4.06. The number of oxazole rings is 1. The minimum absolute atomic E-state index is 0.194. The van der Waals surface area contributed by atoms with Gasteiger partial charge in [0.1, 0.15) is 11.3 Å². The number of nitrogens with zero attached hydrogens (tertiary/aromatic N) is 2. The summed E-state index contributed by atoms with van der Waals surface area (Å²) in [5.41, 5.74) is 3.50. The van der Waals surface area contributed by atoms with E-state index < -0.39 is 5.97 Å². The Kier molecular flexibility index (Phi) is 7.13. The molecule has 3 aromatic carbocycles. The predicted molar refractivity (Wildman–Crippen MR) is 132 cm³/mol. The van der Waals surface area contributed by atoms with Crippen LogP contribution in [-0.4, -0.2) is 35.8 Å². The Bertz CT molecular complexity index is 1240. The molecule has 6 nitrogen and oxygen atoms in total. The maximum absolute atomic E-state index is 10.7. The first kappa shape index (κ1) is 22.6. The summed E-state index contributed by atoms with van der Waals surface area (Å²) in [6, 6.07) is 18.4. The summed E-state index contributed by atoms with van der Waals surface area (Å²) in [6.45, 7) is 6.65. The number of aromatic nitrogens is 1. The summed E-state index contributed by atoms with van der Waals surface area (Å²) < 4.78 is 12.4. The van der Waals surface area contributed by atoms with E-state index in [0.29, 0.717) is 18.9 Å². The average molecular weight is 447 g/mol. The van der Waals surface area contributed by atoms with E-state index in [1.165, 1.54) is 0 Å². The number of benzene rings is 3. The number of unbranched alkanes of at least 4 members (excludes halogenated alkanes) is 2. The molecule has 172 valence electrons. The van der Waals surface area contributed by atoms with Crippen LogP contribution in [-0.2, 0) is 4.79 Å². The zero-order chi connectivity index (χ0) is 23.2. The van der Waals surface area contributed by atoms with Crippen LogP contribution in [0, 0.1) is 0 Å². The van der Waals surface area contributed by atoms with Crippen molar-refractivity contribution in [2.45, 2.75) is 39.5 Å². The number of fused-ring (bicyclic) bond motifs is 2. The molecule has 0 fully saturated rings. The van der Waals surface area contributed by atoms with Gasteiger partial charge in [-0.15, -0.1) is 0 Å². The topological polar surface area (TPSA) is 75.8 Å². The first-order valence-corrected chi connectivity index (χ1v) is 11.6. The van der Waals surface area contributed by atoms with Crippen LogP contribution < -0.4 is 9.64 Å². The number of aliphatic carboxylic acids is 1. The minimum atomic E-state index is -0.757. The van der Waals surface area contributed by atoms with Crippen LogP contribution in [0.2, 0.25) is 0 Å². The molecule has 0 unspecified atom stereocenters. The van der Waals surface area contributed by atoms with Crippen LogP contribution in [0.25, 0.3) is 33.3 Å². The van der Waals surface area contributed by atoms with Crippen molar-refractivity contribution in [3.8, 4) is 17.2 Å². The first-order chi connectivity index (χ1) is 16.1. The summed E-state index contributed by atoms with van der Waals surface area (Å²) in [6.07, 6.45) is 2.45. The first-order valence-electron chi connectivity index (χ1n) is 11.6. The van der Waals surface area contributed by atoms with E-state index in [0.717, 1.165) is 64.8 Å². The number of rotatable bonds is 11. The van der Waals surface area contributed by atoms with Gasteiger partial charge in [0.05, 0.1) is 12.2 Å². The number of carbonyl (C=O) groups is 1. The Morgan fingerprint density at radius 2 is 1.76 bits per heavy atom. The third kappa shape index (κ3) is 5.28. The molecule has 4 rings (SSSR count). The molecular formula is C27H30N2O4. The maximum atomic E-state index is 10.7. The number of hydrogen-bond donors (Lipinski definition) is 1. The summed E-state index contributed by atoms with van der Waals surface area (Å²) in [7, 11) is 0. The van der Waals surface area contributed by atoms with Gasteiger partial charge in [0.15, 0.2) is 5.58 Å². The normalized spacial score (nSPS) is 11.2. The highest BCUT2D eigenvalue weighted by atomic mass is 16.5. The van der Waals surface area contributed by atoms with E-state index in [4.69, 9.17) is 19.2 Å². The number of carboxylic acids is 1. The van der Waals surface area contributed by atoms with Crippen LogP contribution in [0.3, 0.4) is 0 Å². The smallest absolute Gasteiger partial charge is 0.303 e. The summed E-state index contributed by atoms with van der Waals surface area (Å²) >= 11 is 0. The van der Waals surface area contributed by atoms with Crippen molar-refractivity contribution >= 4 is 33.5 Å². The minimum Gasteiger partial charge on any atom is -0.493 e. The quantitative estimate of drug-likeness (QED) is 0.264. The molecule has 0 radical (unpaired) electrons. The highest BCUT2D eigenvalue weighted by molar-refractivity contribution is 5.90. The van der Waals surface area contributed by atoms with Crippen LogP contribution >= 0.6 is 0 Å². The zero-order valence-corrected chi connectivity index (χ0v) is 19.2. The second-order valence-corrected chi connectivity index (χ2v) is 8.09. The summed E-state index contributed by atoms with van der Waals surface area (Å²) in [5, 5.41) is 11.0. The van der Waals surface area contributed by atoms with Gasteiger partial charge in [-0.1, -0.05) is 24.3 Å². The SMILES string of the molecule is CCN(CC)c1ccc2nc(-c3cc4ccccc4cc3OCCCCCC(=O)O)oc2c1. The molecule has 0 saturated heterocycles. The molecule has 6 heteroatoms. The largest absolute Gasteiger partial charge is 0.493 e. The molecule has 0 saturated carbocycles. The van der Waals surface area contributed by atoms with Gasteiger partial charge in [0, 0.05) is 31.3 Å². The van der Waals surface area contributed by atoms with Gasteiger partial charge in [-0.2, -0.15) is 0 Å². The molecule has 0 bridgehead atoms. The lowest BCUT2D eigenvalue weighted by atomic mass is 10.1. The molecule has 0 atom stereocenters. The summed E-state index contributed by atoms with van der Waals surface area (Å²) in [4.78, 5) is 17.7. The number of hydrogen-bond acceptors (Lipinski definition) is 5. The van der Waals surface area contributed by atoms with Gasteiger partial charge in [0.25, 0.3) is 0 Å². The van der Waals surface area contributed by atoms with Crippen LogP contribution in [0.4, 0.5) is 5.69 Å². The highest BCUT2D eigenvalue weighted by Gasteiger charge is 2.16. The van der Waals surface area contributed by atoms with Crippen LogP contribution in [0.5, 0.6) is 5.75 Å². The van der Waals surface area contributed by atoms with E-state index in [1.54, 1.807) is 0 Å². The number of anilines is 1.